The number of hydrogen-bond acceptors (Lipinski definition) is 3. The van der Waals surface area contributed by atoms with Crippen molar-refractivity contribution in [3.8, 4) is 0 Å². The molecule has 0 bridgehead atoms. The highest BCUT2D eigenvalue weighted by Crippen LogP contribution is 2.38. The average Bonchev–Trinajstić information content (AvgIpc) is 1.92. The lowest BCUT2D eigenvalue weighted by atomic mass is 9.68. The van der Waals surface area contributed by atoms with E-state index in [-0.39, 0.29) is 11.6 Å². The molecular formula is C12H22N2O2. The molecule has 1 aliphatic heterocycles. The number of carbonyl (C=O) groups is 1. The lowest BCUT2D eigenvalue weighted by Crippen LogP contribution is -2.69. The van der Waals surface area contributed by atoms with Crippen LogP contribution >= 0.6 is 0 Å². The summed E-state index contributed by atoms with van der Waals surface area (Å²) in [5.41, 5.74) is -0.442. The van der Waals surface area contributed by atoms with Gasteiger partial charge in [-0.15, -0.1) is 0 Å². The standard InChI is InChI=1S/C12H22N2O2/c1-11(2,3)16-10(15)14-12(6-4-7-12)9-5-8-13-9/h9,13H,4-8H2,1-3H3,(H,14,15)/t9-/m0/s1. The van der Waals surface area contributed by atoms with E-state index in [1.54, 1.807) is 0 Å². The van der Waals surface area contributed by atoms with Gasteiger partial charge >= 0.3 is 6.09 Å². The van der Waals surface area contributed by atoms with Crippen molar-refractivity contribution < 1.29 is 9.53 Å². The topological polar surface area (TPSA) is 50.4 Å². The largest absolute Gasteiger partial charge is 0.444 e. The molecule has 0 radical (unpaired) electrons. The molecule has 92 valence electrons. The van der Waals surface area contributed by atoms with Crippen LogP contribution in [0, 0.1) is 0 Å². The molecule has 2 rings (SSSR count). The fourth-order valence-corrected chi connectivity index (χ4v) is 2.39. The molecule has 0 aromatic rings. The lowest BCUT2D eigenvalue weighted by Gasteiger charge is -2.52. The van der Waals surface area contributed by atoms with Gasteiger partial charge in [0.25, 0.3) is 0 Å². The molecule has 1 amide bonds. The molecule has 1 saturated heterocycles. The van der Waals surface area contributed by atoms with Crippen LogP contribution in [0.2, 0.25) is 0 Å². The Labute approximate surface area is 97.1 Å². The Morgan fingerprint density at radius 2 is 2.06 bits per heavy atom. The van der Waals surface area contributed by atoms with Gasteiger partial charge in [-0.05, 0) is 53.0 Å². The normalized spacial score (nSPS) is 27.6. The number of ether oxygens (including phenoxy) is 1. The van der Waals surface area contributed by atoms with Crippen LogP contribution in [0.25, 0.3) is 0 Å². The van der Waals surface area contributed by atoms with Gasteiger partial charge in [0, 0.05) is 6.04 Å². The van der Waals surface area contributed by atoms with E-state index in [4.69, 9.17) is 4.74 Å². The summed E-state index contributed by atoms with van der Waals surface area (Å²) >= 11 is 0. The van der Waals surface area contributed by atoms with Crippen molar-refractivity contribution in [2.24, 2.45) is 0 Å². The predicted molar refractivity (Wildman–Crippen MR) is 62.4 cm³/mol. The van der Waals surface area contributed by atoms with Crippen molar-refractivity contribution in [1.82, 2.24) is 10.6 Å². The van der Waals surface area contributed by atoms with Gasteiger partial charge in [0.15, 0.2) is 0 Å². The molecular weight excluding hydrogens is 204 g/mol. The molecule has 0 aromatic carbocycles. The second-order valence-electron chi connectivity index (χ2n) is 5.93. The molecule has 2 N–H and O–H groups in total. The molecule has 0 unspecified atom stereocenters. The molecule has 1 saturated carbocycles. The number of nitrogens with one attached hydrogen (secondary N) is 2. The molecule has 0 spiro atoms. The van der Waals surface area contributed by atoms with Crippen LogP contribution in [0.15, 0.2) is 0 Å². The zero-order chi connectivity index (χ0) is 11.8. The maximum Gasteiger partial charge on any atom is 0.408 e. The minimum Gasteiger partial charge on any atom is -0.444 e. The summed E-state index contributed by atoms with van der Waals surface area (Å²) in [4.78, 5) is 11.8. The summed E-state index contributed by atoms with van der Waals surface area (Å²) in [5.74, 6) is 0. The quantitative estimate of drug-likeness (QED) is 0.755. The van der Waals surface area contributed by atoms with Crippen LogP contribution in [-0.4, -0.2) is 29.8 Å². The smallest absolute Gasteiger partial charge is 0.408 e. The Morgan fingerprint density at radius 1 is 1.44 bits per heavy atom. The second-order valence-corrected chi connectivity index (χ2v) is 5.93. The van der Waals surface area contributed by atoms with Crippen LogP contribution < -0.4 is 10.6 Å². The van der Waals surface area contributed by atoms with Crippen LogP contribution in [0.3, 0.4) is 0 Å². The van der Waals surface area contributed by atoms with Gasteiger partial charge < -0.3 is 15.4 Å². The maximum atomic E-state index is 11.8. The van der Waals surface area contributed by atoms with Crippen LogP contribution in [0.1, 0.15) is 46.5 Å². The highest BCUT2D eigenvalue weighted by atomic mass is 16.6. The number of hydrogen-bond donors (Lipinski definition) is 2. The molecule has 0 aromatic heterocycles. The van der Waals surface area contributed by atoms with Gasteiger partial charge in [0.05, 0.1) is 5.54 Å². The Kier molecular flexibility index (Phi) is 2.86. The van der Waals surface area contributed by atoms with Crippen molar-refractivity contribution in [3.63, 3.8) is 0 Å². The molecule has 2 aliphatic rings. The highest BCUT2D eigenvalue weighted by molar-refractivity contribution is 5.69. The van der Waals surface area contributed by atoms with Crippen molar-refractivity contribution in [2.75, 3.05) is 6.54 Å². The summed E-state index contributed by atoms with van der Waals surface area (Å²) < 4.78 is 5.31. The highest BCUT2D eigenvalue weighted by Gasteiger charge is 2.48. The zero-order valence-corrected chi connectivity index (χ0v) is 10.4. The molecule has 2 fully saturated rings. The van der Waals surface area contributed by atoms with Crippen molar-refractivity contribution in [3.05, 3.63) is 0 Å². The first-order valence-electron chi connectivity index (χ1n) is 6.16. The van der Waals surface area contributed by atoms with E-state index in [9.17, 15) is 4.79 Å². The van der Waals surface area contributed by atoms with Crippen molar-refractivity contribution in [1.29, 1.82) is 0 Å². The third-order valence-electron chi connectivity index (χ3n) is 3.49. The summed E-state index contributed by atoms with van der Waals surface area (Å²) in [5, 5.41) is 6.45. The SMILES string of the molecule is CC(C)(C)OC(=O)NC1([C@@H]2CCN2)CCC1. The van der Waals surface area contributed by atoms with E-state index in [0.717, 1.165) is 25.8 Å². The van der Waals surface area contributed by atoms with E-state index in [2.05, 4.69) is 10.6 Å². The Morgan fingerprint density at radius 3 is 2.38 bits per heavy atom. The van der Waals surface area contributed by atoms with Crippen molar-refractivity contribution >= 4 is 6.09 Å². The first kappa shape index (κ1) is 11.7. The fraction of sp³-hybridized carbons (Fsp3) is 0.917. The van der Waals surface area contributed by atoms with Gasteiger partial charge in [-0.2, -0.15) is 0 Å². The fourth-order valence-electron chi connectivity index (χ4n) is 2.39. The number of amides is 1. The van der Waals surface area contributed by atoms with E-state index < -0.39 is 5.60 Å². The predicted octanol–water partition coefficient (Wildman–Crippen LogP) is 1.80. The van der Waals surface area contributed by atoms with Gasteiger partial charge in [-0.1, -0.05) is 0 Å². The third kappa shape index (κ3) is 2.32. The summed E-state index contributed by atoms with van der Waals surface area (Å²) in [7, 11) is 0. The van der Waals surface area contributed by atoms with E-state index in [1.807, 2.05) is 20.8 Å². The summed E-state index contributed by atoms with van der Waals surface area (Å²) in [6.07, 6.45) is 4.23. The number of alkyl carbamates (subject to hydrolysis) is 1. The maximum absolute atomic E-state index is 11.8. The zero-order valence-electron chi connectivity index (χ0n) is 10.4. The third-order valence-corrected chi connectivity index (χ3v) is 3.49. The Hall–Kier alpha value is -0.770. The minimum absolute atomic E-state index is 0.0272. The average molecular weight is 226 g/mol. The van der Waals surface area contributed by atoms with Crippen LogP contribution in [0.4, 0.5) is 4.79 Å². The Bertz CT molecular complexity index is 275. The first-order valence-corrected chi connectivity index (χ1v) is 6.16. The molecule has 1 heterocycles. The number of rotatable bonds is 2. The monoisotopic (exact) mass is 226 g/mol. The molecule has 16 heavy (non-hydrogen) atoms. The minimum atomic E-state index is -0.415. The molecule has 1 atom stereocenters. The van der Waals surface area contributed by atoms with Gasteiger partial charge in [-0.3, -0.25) is 0 Å². The molecule has 4 nitrogen and oxygen atoms in total. The van der Waals surface area contributed by atoms with E-state index >= 15 is 0 Å². The first-order chi connectivity index (χ1) is 7.41. The van der Waals surface area contributed by atoms with Gasteiger partial charge in [0.2, 0.25) is 0 Å². The van der Waals surface area contributed by atoms with Gasteiger partial charge in [-0.25, -0.2) is 4.79 Å². The van der Waals surface area contributed by atoms with E-state index in [1.165, 1.54) is 6.42 Å². The van der Waals surface area contributed by atoms with E-state index in [0.29, 0.717) is 6.04 Å². The second kappa shape index (κ2) is 3.91. The molecule has 4 heteroatoms. The summed E-state index contributed by atoms with van der Waals surface area (Å²) in [6.45, 7) is 6.74. The molecule has 1 aliphatic carbocycles. The number of carbonyl (C=O) groups excluding carboxylic acids is 1. The van der Waals surface area contributed by atoms with Crippen LogP contribution in [0.5, 0.6) is 0 Å². The van der Waals surface area contributed by atoms with Crippen LogP contribution in [-0.2, 0) is 4.74 Å². The lowest BCUT2D eigenvalue weighted by molar-refractivity contribution is 0.0250. The van der Waals surface area contributed by atoms with Gasteiger partial charge in [0.1, 0.15) is 5.60 Å². The summed E-state index contributed by atoms with van der Waals surface area (Å²) in [6, 6.07) is 0.453. The van der Waals surface area contributed by atoms with Crippen molar-refractivity contribution in [2.45, 2.75) is 63.6 Å². The Balaban J connectivity index is 1.89.